The number of hydrogen-bond acceptors (Lipinski definition) is 24. The number of aliphatic hydroxyl groups is 2. The number of rotatable bonds is 57. The van der Waals surface area contributed by atoms with Crippen LogP contribution in [-0.2, 0) is 87.9 Å². The van der Waals surface area contributed by atoms with Crippen molar-refractivity contribution in [3.8, 4) is 5.75 Å². The Labute approximate surface area is 706 Å². The Morgan fingerprint density at radius 3 is 1.13 bits per heavy atom. The van der Waals surface area contributed by atoms with Crippen LogP contribution in [0.4, 0.5) is 0 Å². The fourth-order valence-corrected chi connectivity index (χ4v) is 11.9. The fourth-order valence-electron chi connectivity index (χ4n) is 11.9. The molecule has 30 N–H and O–H groups in total. The van der Waals surface area contributed by atoms with Gasteiger partial charge in [-0.1, -0.05) is 95.2 Å². The zero-order valence-corrected chi connectivity index (χ0v) is 72.2. The molecule has 1 aromatic carbocycles. The molecule has 16 amide bonds. The molecular weight excluding hydrogens is 1580 g/mol. The van der Waals surface area contributed by atoms with Crippen LogP contribution in [0.5, 0.6) is 5.75 Å². The number of hydrogen-bond donors (Lipinski definition) is 25. The first kappa shape index (κ1) is 108. The minimum atomic E-state index is -1.70. The van der Waals surface area contributed by atoms with E-state index < -0.39 is 241 Å². The summed E-state index contributed by atoms with van der Waals surface area (Å²) in [7, 11) is 0. The Bertz CT molecular complexity index is 3620. The third kappa shape index (κ3) is 41.8. The van der Waals surface area contributed by atoms with Gasteiger partial charge in [-0.15, -0.1) is 0 Å². The molecule has 0 heterocycles. The van der Waals surface area contributed by atoms with Crippen LogP contribution in [0.3, 0.4) is 0 Å². The largest absolute Gasteiger partial charge is 0.508 e. The summed E-state index contributed by atoms with van der Waals surface area (Å²) in [5.41, 5.74) is 29.3. The van der Waals surface area contributed by atoms with Crippen LogP contribution in [0.1, 0.15) is 174 Å². The van der Waals surface area contributed by atoms with Gasteiger partial charge in [-0.05, 0) is 158 Å². The van der Waals surface area contributed by atoms with Crippen LogP contribution in [0.2, 0.25) is 0 Å². The molecule has 1 rings (SSSR count). The summed E-state index contributed by atoms with van der Waals surface area (Å²) >= 11 is 0. The predicted octanol–water partition coefficient (Wildman–Crippen LogP) is -6.56. The molecule has 0 aliphatic heterocycles. The number of aliphatic imine (C=N–C) groups is 1. The number of phenolic OH excluding ortho intramolecular Hbond substituents is 1. The number of carbonyl (C=O) groups is 17. The predicted molar refractivity (Wildman–Crippen MR) is 446 cm³/mol. The van der Waals surface area contributed by atoms with Gasteiger partial charge >= 0.3 is 5.97 Å². The topological polar surface area (TPSA) is 706 Å². The lowest BCUT2D eigenvalue weighted by Gasteiger charge is -2.30. The molecule has 0 saturated carbocycles. The highest BCUT2D eigenvalue weighted by Gasteiger charge is 2.39. The quantitative estimate of drug-likeness (QED) is 0.0164. The first-order valence-electron chi connectivity index (χ1n) is 40.9. The second-order valence-corrected chi connectivity index (χ2v) is 32.1. The van der Waals surface area contributed by atoms with Gasteiger partial charge in [-0.3, -0.25) is 81.7 Å². The summed E-state index contributed by atoms with van der Waals surface area (Å²) in [5, 5.41) is 79.0. The monoisotopic (exact) mass is 1720 g/mol. The van der Waals surface area contributed by atoms with E-state index in [0.717, 1.165) is 6.92 Å². The number of unbranched alkanes of at least 4 members (excludes halogenated alkanes) is 2. The average Bonchev–Trinajstić information content (AvgIpc) is 0.841. The van der Waals surface area contributed by atoms with Crippen molar-refractivity contribution in [2.75, 3.05) is 45.9 Å². The number of benzene rings is 1. The fraction of sp³-hybridized carbons (Fsp3) is 0.692. The second kappa shape index (κ2) is 55.8. The average molecular weight is 1720 g/mol. The standard InChI is InChI=1S/C78H136N22O21/c1-38(2)31-53(71(114)100-63(46(15)102)77(120)121)93-65(108)45(14)89-72(115)55(37-101)95-68(111)51(21-16-18-28-79)90-57(105)35-87-73(116)59(40(5)6)96-58(106)36-85-67(110)50(23-20-30-84-78(82)83)91-64(107)44(13)88-56(104)34-86-74(117)60(41(7)8)98-76(119)62(43(11)12)99-75(118)61(42(9)10)97-70(113)54(32-39(3)4)94-69(112)52(22-17-19-29-80)92-66(109)49(81)33-47-24-26-48(103)27-25-47/h24-27,38-46,49-55,59-63,101-103H,16-23,28-37,79-81H2,1-15H3,(H,85,110)(H,86,117)(H,87,116)(H,88,104)(H,89,115)(H,90,105)(H,91,107)(H,92,109)(H,93,108)(H,94,112)(H,95,111)(H,96,106)(H,97,113)(H,98,119)(H,99,118)(H,100,114)(H,120,121)(H4,82,83,84)/t44-,45-,46+,49-,50-,51-,52-,53-,54-,55-,59-,60-,61-,62-,63-/m0/s1. The van der Waals surface area contributed by atoms with Crippen molar-refractivity contribution < 1.29 is 102 Å². The van der Waals surface area contributed by atoms with Gasteiger partial charge in [-0.25, -0.2) is 4.79 Å². The van der Waals surface area contributed by atoms with Gasteiger partial charge in [0.2, 0.25) is 94.5 Å². The summed E-state index contributed by atoms with van der Waals surface area (Å²) in [4.78, 5) is 234. The number of carbonyl (C=O) groups excluding carboxylic acids is 16. The summed E-state index contributed by atoms with van der Waals surface area (Å²) in [6.45, 7) is 20.9. The Hall–Kier alpha value is -10.9. The van der Waals surface area contributed by atoms with Crippen molar-refractivity contribution in [3.05, 3.63) is 29.8 Å². The van der Waals surface area contributed by atoms with Crippen molar-refractivity contribution >= 4 is 106 Å². The molecule has 0 aliphatic carbocycles. The van der Waals surface area contributed by atoms with Crippen LogP contribution in [0.25, 0.3) is 0 Å². The van der Waals surface area contributed by atoms with Crippen molar-refractivity contribution in [3.63, 3.8) is 0 Å². The van der Waals surface area contributed by atoms with Crippen LogP contribution < -0.4 is 114 Å². The zero-order valence-electron chi connectivity index (χ0n) is 72.2. The third-order valence-electron chi connectivity index (χ3n) is 18.8. The van der Waals surface area contributed by atoms with Crippen molar-refractivity contribution in [2.24, 2.45) is 69.2 Å². The highest BCUT2D eigenvalue weighted by atomic mass is 16.4. The molecule has 0 fully saturated rings. The number of phenols is 1. The number of nitrogens with two attached hydrogens (primary N) is 5. The number of amides is 16. The van der Waals surface area contributed by atoms with Crippen molar-refractivity contribution in [1.82, 2.24) is 85.1 Å². The van der Waals surface area contributed by atoms with Gasteiger partial charge < -0.3 is 134 Å². The second-order valence-electron chi connectivity index (χ2n) is 32.1. The third-order valence-corrected chi connectivity index (χ3v) is 18.8. The maximum Gasteiger partial charge on any atom is 0.328 e. The SMILES string of the molecule is CC(C)C[C@H](NC(=O)[C@H](C)NC(=O)[C@H](CO)NC(=O)[C@H](CCCCN)NC(=O)CNC(=O)[C@@H](NC(=O)CNC(=O)[C@H](CCCN=C(N)N)NC(=O)[C@H](C)NC(=O)CNC(=O)[C@@H](NC(=O)[C@@H](NC(=O)[C@@H](NC(=O)[C@H](CC(C)C)NC(=O)[C@H](CCCCN)NC(=O)[C@@H](N)Cc1ccc(O)cc1)C(C)C)C(C)C)C(C)C)C(C)C)C(=O)N[C@H](C(=O)O)[C@@H](C)O. The number of aliphatic hydroxyl groups excluding tert-OH is 2. The Balaban J connectivity index is 3.14. The number of carboxylic acid groups (broad SMARTS) is 1. The molecule has 0 unspecified atom stereocenters. The smallest absolute Gasteiger partial charge is 0.328 e. The molecule has 1 aromatic rings. The van der Waals surface area contributed by atoms with Crippen molar-refractivity contribution in [1.29, 1.82) is 0 Å². The van der Waals surface area contributed by atoms with Crippen LogP contribution >= 0.6 is 0 Å². The van der Waals surface area contributed by atoms with Gasteiger partial charge in [0.05, 0.1) is 38.4 Å². The van der Waals surface area contributed by atoms with E-state index in [1.54, 1.807) is 81.4 Å². The van der Waals surface area contributed by atoms with E-state index in [0.29, 0.717) is 31.4 Å². The molecule has 684 valence electrons. The lowest BCUT2D eigenvalue weighted by molar-refractivity contribution is -0.145. The van der Waals surface area contributed by atoms with E-state index in [2.05, 4.69) is 90.1 Å². The molecular formula is C78H136N22O21. The minimum absolute atomic E-state index is 0.00974. The molecule has 0 aromatic heterocycles. The molecule has 43 heteroatoms. The molecule has 0 aliphatic rings. The van der Waals surface area contributed by atoms with Crippen LogP contribution in [0, 0.1) is 35.5 Å². The molecule has 0 radical (unpaired) electrons. The van der Waals surface area contributed by atoms with Crippen molar-refractivity contribution in [2.45, 2.75) is 265 Å². The Kier molecular flexibility index (Phi) is 49.9. The number of carboxylic acids is 1. The number of aromatic hydroxyl groups is 1. The molecule has 121 heavy (non-hydrogen) atoms. The Morgan fingerprint density at radius 2 is 0.711 bits per heavy atom. The van der Waals surface area contributed by atoms with E-state index in [4.69, 9.17) is 28.7 Å². The lowest BCUT2D eigenvalue weighted by Crippen LogP contribution is -2.61. The van der Waals surface area contributed by atoms with Crippen LogP contribution in [-0.4, -0.2) is 263 Å². The van der Waals surface area contributed by atoms with Gasteiger partial charge in [0.25, 0.3) is 0 Å². The van der Waals surface area contributed by atoms with Gasteiger partial charge in [-0.2, -0.15) is 0 Å². The number of aliphatic carboxylic acids is 1. The summed E-state index contributed by atoms with van der Waals surface area (Å²) < 4.78 is 0. The molecule has 43 nitrogen and oxygen atoms in total. The first-order valence-corrected chi connectivity index (χ1v) is 40.9. The lowest BCUT2D eigenvalue weighted by atomic mass is 9.97. The summed E-state index contributed by atoms with van der Waals surface area (Å²) in [6, 6.07) is -12.8. The van der Waals surface area contributed by atoms with E-state index >= 15 is 0 Å². The first-order chi connectivity index (χ1) is 56.6. The van der Waals surface area contributed by atoms with E-state index in [1.807, 2.05) is 13.8 Å². The summed E-state index contributed by atoms with van der Waals surface area (Å²) in [6.07, 6.45) is 0.420. The Morgan fingerprint density at radius 1 is 0.372 bits per heavy atom. The maximum absolute atomic E-state index is 14.2. The van der Waals surface area contributed by atoms with E-state index in [-0.39, 0.29) is 88.0 Å². The minimum Gasteiger partial charge on any atom is -0.508 e. The van der Waals surface area contributed by atoms with Gasteiger partial charge in [0.15, 0.2) is 12.0 Å². The molecule has 0 spiro atoms. The number of guanidine groups is 1. The number of nitrogens with zero attached hydrogens (tertiary/aromatic N) is 1. The van der Waals surface area contributed by atoms with E-state index in [1.165, 1.54) is 26.0 Å². The van der Waals surface area contributed by atoms with Gasteiger partial charge in [0.1, 0.15) is 78.3 Å². The molecule has 0 bridgehead atoms. The maximum atomic E-state index is 14.2. The zero-order chi connectivity index (χ0) is 92.2. The van der Waals surface area contributed by atoms with E-state index in [9.17, 15) is 102 Å². The highest BCUT2D eigenvalue weighted by Crippen LogP contribution is 2.16. The molecule has 15 atom stereocenters. The van der Waals surface area contributed by atoms with Gasteiger partial charge in [0, 0.05) is 6.54 Å². The number of nitrogens with one attached hydrogen (secondary N) is 16. The highest BCUT2D eigenvalue weighted by molar-refractivity contribution is 6.00. The normalized spacial score (nSPS) is 15.0. The molecule has 0 saturated heterocycles. The van der Waals surface area contributed by atoms with Crippen LogP contribution in [0.15, 0.2) is 29.3 Å². The summed E-state index contributed by atoms with van der Waals surface area (Å²) in [5.74, 6) is -18.3.